The van der Waals surface area contributed by atoms with Gasteiger partial charge >= 0.3 is 0 Å². The first-order chi connectivity index (χ1) is 11.2. The quantitative estimate of drug-likeness (QED) is 0.810. The van der Waals surface area contributed by atoms with E-state index in [1.807, 2.05) is 54.6 Å². The fraction of sp³-hybridized carbons (Fsp3) is 0.316. The molecule has 23 heavy (non-hydrogen) atoms. The lowest BCUT2D eigenvalue weighted by atomic mass is 10.2. The van der Waals surface area contributed by atoms with Gasteiger partial charge in [-0.15, -0.1) is 0 Å². The molecule has 2 rings (SSSR count). The Morgan fingerprint density at radius 2 is 1.65 bits per heavy atom. The molecule has 0 unspecified atom stereocenters. The van der Waals surface area contributed by atoms with Gasteiger partial charge < -0.3 is 10.1 Å². The van der Waals surface area contributed by atoms with Gasteiger partial charge in [0.25, 0.3) is 0 Å². The van der Waals surface area contributed by atoms with Gasteiger partial charge in [-0.3, -0.25) is 9.69 Å². The minimum absolute atomic E-state index is 0.00616. The fourth-order valence-electron chi connectivity index (χ4n) is 2.23. The molecule has 4 heteroatoms. The topological polar surface area (TPSA) is 41.6 Å². The molecule has 2 aromatic rings. The van der Waals surface area contributed by atoms with Crippen LogP contribution in [-0.4, -0.2) is 30.4 Å². The normalized spacial score (nSPS) is 10.6. The molecule has 2 aromatic carbocycles. The zero-order valence-corrected chi connectivity index (χ0v) is 13.8. The van der Waals surface area contributed by atoms with Gasteiger partial charge in [0.15, 0.2) is 0 Å². The Balaban J connectivity index is 1.83. The standard InChI is InChI=1S/C19H24N2O2/c1-3-21(4-2)14-19(22)20-17-10-12-18(13-11-17)23-15-16-8-6-5-7-9-16/h5-13H,3-4,14-15H2,1-2H3,(H,20,22). The average molecular weight is 312 g/mol. The summed E-state index contributed by atoms with van der Waals surface area (Å²) < 4.78 is 5.73. The minimum atomic E-state index is 0.00616. The molecule has 0 aromatic heterocycles. The third-order valence-corrected chi connectivity index (χ3v) is 3.65. The summed E-state index contributed by atoms with van der Waals surface area (Å²) in [6.07, 6.45) is 0. The summed E-state index contributed by atoms with van der Waals surface area (Å²) in [7, 11) is 0. The zero-order chi connectivity index (χ0) is 16.5. The number of rotatable bonds is 8. The first-order valence-corrected chi connectivity index (χ1v) is 8.00. The van der Waals surface area contributed by atoms with Crippen LogP contribution in [0.3, 0.4) is 0 Å². The molecule has 0 heterocycles. The molecule has 0 radical (unpaired) electrons. The molecule has 0 aliphatic rings. The Hall–Kier alpha value is -2.33. The molecule has 0 saturated heterocycles. The maximum absolute atomic E-state index is 12.0. The van der Waals surface area contributed by atoms with E-state index in [1.54, 1.807) is 0 Å². The summed E-state index contributed by atoms with van der Waals surface area (Å²) in [4.78, 5) is 14.0. The van der Waals surface area contributed by atoms with E-state index in [0.717, 1.165) is 30.1 Å². The molecular formula is C19H24N2O2. The van der Waals surface area contributed by atoms with Gasteiger partial charge in [-0.05, 0) is 42.9 Å². The van der Waals surface area contributed by atoms with Crippen LogP contribution in [0.2, 0.25) is 0 Å². The van der Waals surface area contributed by atoms with Crippen LogP contribution >= 0.6 is 0 Å². The predicted octanol–water partition coefficient (Wildman–Crippen LogP) is 3.55. The summed E-state index contributed by atoms with van der Waals surface area (Å²) in [6.45, 7) is 6.80. The number of hydrogen-bond acceptors (Lipinski definition) is 3. The third kappa shape index (κ3) is 5.75. The van der Waals surface area contributed by atoms with E-state index < -0.39 is 0 Å². The molecule has 0 aliphatic carbocycles. The summed E-state index contributed by atoms with van der Waals surface area (Å²) in [5, 5.41) is 2.91. The summed E-state index contributed by atoms with van der Waals surface area (Å²) in [5.74, 6) is 0.794. The lowest BCUT2D eigenvalue weighted by Gasteiger charge is -2.17. The van der Waals surface area contributed by atoms with E-state index in [1.165, 1.54) is 0 Å². The van der Waals surface area contributed by atoms with Crippen molar-refractivity contribution in [1.82, 2.24) is 4.90 Å². The van der Waals surface area contributed by atoms with Crippen LogP contribution in [0.5, 0.6) is 5.75 Å². The number of carbonyl (C=O) groups excluding carboxylic acids is 1. The number of nitrogens with one attached hydrogen (secondary N) is 1. The molecule has 1 N–H and O–H groups in total. The predicted molar refractivity (Wildman–Crippen MR) is 93.6 cm³/mol. The molecule has 0 fully saturated rings. The number of anilines is 1. The molecule has 4 nitrogen and oxygen atoms in total. The molecule has 0 bridgehead atoms. The van der Waals surface area contributed by atoms with E-state index in [2.05, 4.69) is 24.1 Å². The van der Waals surface area contributed by atoms with Crippen molar-refractivity contribution in [3.8, 4) is 5.75 Å². The van der Waals surface area contributed by atoms with Gasteiger partial charge in [-0.25, -0.2) is 0 Å². The molecule has 0 spiro atoms. The molecule has 122 valence electrons. The molecule has 0 saturated carbocycles. The molecule has 1 amide bonds. The summed E-state index contributed by atoms with van der Waals surface area (Å²) >= 11 is 0. The van der Waals surface area contributed by atoms with Crippen LogP contribution in [0.1, 0.15) is 19.4 Å². The monoisotopic (exact) mass is 312 g/mol. The van der Waals surface area contributed by atoms with Gasteiger partial charge in [0.05, 0.1) is 6.54 Å². The van der Waals surface area contributed by atoms with Crippen LogP contribution in [0.4, 0.5) is 5.69 Å². The second kappa shape index (κ2) is 8.96. The van der Waals surface area contributed by atoms with Crippen LogP contribution < -0.4 is 10.1 Å². The number of nitrogens with zero attached hydrogens (tertiary/aromatic N) is 1. The number of ether oxygens (including phenoxy) is 1. The van der Waals surface area contributed by atoms with Crippen LogP contribution in [0, 0.1) is 0 Å². The van der Waals surface area contributed by atoms with E-state index >= 15 is 0 Å². The van der Waals surface area contributed by atoms with Crippen LogP contribution in [0.15, 0.2) is 54.6 Å². The molecule has 0 atom stereocenters. The Kier molecular flexibility index (Phi) is 6.63. The van der Waals surface area contributed by atoms with Crippen molar-refractivity contribution in [2.45, 2.75) is 20.5 Å². The molecular weight excluding hydrogens is 288 g/mol. The van der Waals surface area contributed by atoms with E-state index in [4.69, 9.17) is 4.74 Å². The van der Waals surface area contributed by atoms with E-state index in [-0.39, 0.29) is 5.91 Å². The Morgan fingerprint density at radius 1 is 1.00 bits per heavy atom. The van der Waals surface area contributed by atoms with Gasteiger partial charge in [0.1, 0.15) is 12.4 Å². The Labute approximate surface area is 138 Å². The number of amides is 1. The van der Waals surface area contributed by atoms with Gasteiger partial charge in [-0.2, -0.15) is 0 Å². The maximum atomic E-state index is 12.0. The lowest BCUT2D eigenvalue weighted by molar-refractivity contribution is -0.117. The molecule has 0 aliphatic heterocycles. The zero-order valence-electron chi connectivity index (χ0n) is 13.8. The second-order valence-electron chi connectivity index (χ2n) is 5.31. The Morgan fingerprint density at radius 3 is 2.26 bits per heavy atom. The number of likely N-dealkylation sites (N-methyl/N-ethyl adjacent to an activating group) is 1. The first-order valence-electron chi connectivity index (χ1n) is 8.00. The number of hydrogen-bond donors (Lipinski definition) is 1. The van der Waals surface area contributed by atoms with Gasteiger partial charge in [0.2, 0.25) is 5.91 Å². The van der Waals surface area contributed by atoms with Crippen LogP contribution in [0.25, 0.3) is 0 Å². The lowest BCUT2D eigenvalue weighted by Crippen LogP contribution is -2.32. The average Bonchev–Trinajstić information content (AvgIpc) is 2.60. The highest BCUT2D eigenvalue weighted by molar-refractivity contribution is 5.92. The minimum Gasteiger partial charge on any atom is -0.489 e. The maximum Gasteiger partial charge on any atom is 0.238 e. The summed E-state index contributed by atoms with van der Waals surface area (Å²) in [5.41, 5.74) is 1.92. The SMILES string of the molecule is CCN(CC)CC(=O)Nc1ccc(OCc2ccccc2)cc1. The third-order valence-electron chi connectivity index (χ3n) is 3.65. The van der Waals surface area contributed by atoms with E-state index in [9.17, 15) is 4.79 Å². The Bertz CT molecular complexity index is 593. The highest BCUT2D eigenvalue weighted by atomic mass is 16.5. The van der Waals surface area contributed by atoms with Crippen LogP contribution in [-0.2, 0) is 11.4 Å². The number of carbonyl (C=O) groups is 1. The van der Waals surface area contributed by atoms with Gasteiger partial charge in [-0.1, -0.05) is 44.2 Å². The van der Waals surface area contributed by atoms with Crippen molar-refractivity contribution in [3.05, 3.63) is 60.2 Å². The highest BCUT2D eigenvalue weighted by Crippen LogP contribution is 2.17. The largest absolute Gasteiger partial charge is 0.489 e. The van der Waals surface area contributed by atoms with Crippen molar-refractivity contribution < 1.29 is 9.53 Å². The van der Waals surface area contributed by atoms with Crippen molar-refractivity contribution in [1.29, 1.82) is 0 Å². The van der Waals surface area contributed by atoms with Crippen molar-refractivity contribution >= 4 is 11.6 Å². The van der Waals surface area contributed by atoms with Crippen molar-refractivity contribution in [2.75, 3.05) is 25.0 Å². The van der Waals surface area contributed by atoms with Gasteiger partial charge in [0, 0.05) is 5.69 Å². The van der Waals surface area contributed by atoms with Crippen molar-refractivity contribution in [3.63, 3.8) is 0 Å². The number of benzene rings is 2. The fourth-order valence-corrected chi connectivity index (χ4v) is 2.23. The first kappa shape index (κ1) is 17.0. The van der Waals surface area contributed by atoms with E-state index in [0.29, 0.717) is 13.2 Å². The summed E-state index contributed by atoms with van der Waals surface area (Å²) in [6, 6.07) is 17.5. The second-order valence-corrected chi connectivity index (χ2v) is 5.31. The van der Waals surface area contributed by atoms with Crippen molar-refractivity contribution in [2.24, 2.45) is 0 Å². The smallest absolute Gasteiger partial charge is 0.238 e. The highest BCUT2D eigenvalue weighted by Gasteiger charge is 2.07.